The molecule has 1 atom stereocenters. The predicted octanol–water partition coefficient (Wildman–Crippen LogP) is 4.36. The molecular formula is C13H25O. The van der Waals surface area contributed by atoms with Crippen molar-refractivity contribution in [3.63, 3.8) is 0 Å². The van der Waals surface area contributed by atoms with E-state index in [-0.39, 0.29) is 6.61 Å². The van der Waals surface area contributed by atoms with Gasteiger partial charge in [0.2, 0.25) is 0 Å². The van der Waals surface area contributed by atoms with Crippen LogP contribution in [-0.2, 0) is 5.11 Å². The third-order valence-corrected chi connectivity index (χ3v) is 2.55. The number of hydrogen-bond donors (Lipinski definition) is 0. The normalized spacial score (nSPS) is 13.6. The van der Waals surface area contributed by atoms with E-state index < -0.39 is 0 Å². The molecule has 0 aromatic rings. The summed E-state index contributed by atoms with van der Waals surface area (Å²) in [5, 5.41) is 10.3. The molecule has 1 radical (unpaired) electrons. The minimum Gasteiger partial charge on any atom is -0.237 e. The molecule has 0 aromatic carbocycles. The van der Waals surface area contributed by atoms with Crippen LogP contribution in [0.25, 0.3) is 0 Å². The predicted molar refractivity (Wildman–Crippen MR) is 61.9 cm³/mol. The molecule has 83 valence electrons. The highest BCUT2D eigenvalue weighted by molar-refractivity contribution is 4.80. The summed E-state index contributed by atoms with van der Waals surface area (Å²) < 4.78 is 0. The molecule has 0 aliphatic rings. The van der Waals surface area contributed by atoms with Gasteiger partial charge in [-0.05, 0) is 31.6 Å². The minimum atomic E-state index is 0.0948. The summed E-state index contributed by atoms with van der Waals surface area (Å²) in [6.45, 7) is 4.48. The smallest absolute Gasteiger partial charge is 0.0824 e. The SMILES string of the molecule is CCC/C=C/CCCCC(C)CC[O]. The van der Waals surface area contributed by atoms with Crippen LogP contribution in [0.5, 0.6) is 0 Å². The molecule has 0 fully saturated rings. The Balaban J connectivity index is 3.12. The lowest BCUT2D eigenvalue weighted by molar-refractivity contribution is 0.171. The molecule has 1 nitrogen and oxygen atoms in total. The van der Waals surface area contributed by atoms with Crippen LogP contribution in [0.1, 0.15) is 58.8 Å². The van der Waals surface area contributed by atoms with Crippen molar-refractivity contribution in [3.8, 4) is 0 Å². The summed E-state index contributed by atoms with van der Waals surface area (Å²) in [4.78, 5) is 0. The highest BCUT2D eigenvalue weighted by Crippen LogP contribution is 2.12. The van der Waals surface area contributed by atoms with Crippen LogP contribution in [0.3, 0.4) is 0 Å². The first-order valence-corrected chi connectivity index (χ1v) is 6.04. The van der Waals surface area contributed by atoms with Gasteiger partial charge in [-0.25, -0.2) is 5.11 Å². The third-order valence-electron chi connectivity index (χ3n) is 2.55. The van der Waals surface area contributed by atoms with Gasteiger partial charge in [0.15, 0.2) is 0 Å². The molecule has 14 heavy (non-hydrogen) atoms. The van der Waals surface area contributed by atoms with Crippen molar-refractivity contribution < 1.29 is 5.11 Å². The van der Waals surface area contributed by atoms with Gasteiger partial charge in [-0.1, -0.05) is 45.3 Å². The first kappa shape index (κ1) is 13.7. The van der Waals surface area contributed by atoms with Crippen molar-refractivity contribution in [2.75, 3.05) is 6.61 Å². The standard InChI is InChI=1S/C13H25O/c1-3-4-5-6-7-8-9-10-13(2)11-12-14/h5-6,13H,3-4,7-12H2,1-2H3/b6-5+. The Morgan fingerprint density at radius 3 is 2.43 bits per heavy atom. The zero-order valence-corrected chi connectivity index (χ0v) is 9.80. The van der Waals surface area contributed by atoms with E-state index in [9.17, 15) is 5.11 Å². The average Bonchev–Trinajstić information content (AvgIpc) is 2.17. The molecule has 0 saturated carbocycles. The van der Waals surface area contributed by atoms with Crippen LogP contribution in [-0.4, -0.2) is 6.61 Å². The zero-order chi connectivity index (χ0) is 10.6. The maximum Gasteiger partial charge on any atom is 0.0824 e. The lowest BCUT2D eigenvalue weighted by atomic mass is 10.0. The van der Waals surface area contributed by atoms with Gasteiger partial charge in [0.25, 0.3) is 0 Å². The van der Waals surface area contributed by atoms with Crippen molar-refractivity contribution in [2.45, 2.75) is 58.8 Å². The molecule has 0 N–H and O–H groups in total. The topological polar surface area (TPSA) is 19.9 Å². The van der Waals surface area contributed by atoms with Gasteiger partial charge >= 0.3 is 0 Å². The highest BCUT2D eigenvalue weighted by atomic mass is 16.3. The largest absolute Gasteiger partial charge is 0.237 e. The second kappa shape index (κ2) is 10.8. The number of hydrogen-bond acceptors (Lipinski definition) is 0. The molecule has 0 heterocycles. The van der Waals surface area contributed by atoms with E-state index in [1.54, 1.807) is 0 Å². The lowest BCUT2D eigenvalue weighted by Crippen LogP contribution is -1.96. The second-order valence-corrected chi connectivity index (χ2v) is 4.14. The van der Waals surface area contributed by atoms with Gasteiger partial charge in [0.05, 0.1) is 6.61 Å². The minimum absolute atomic E-state index is 0.0948. The lowest BCUT2D eigenvalue weighted by Gasteiger charge is -2.07. The Labute approximate surface area is 89.2 Å². The van der Waals surface area contributed by atoms with Gasteiger partial charge in [-0.15, -0.1) is 0 Å². The van der Waals surface area contributed by atoms with Crippen LogP contribution in [0.15, 0.2) is 12.2 Å². The van der Waals surface area contributed by atoms with Gasteiger partial charge in [-0.2, -0.15) is 0 Å². The molecule has 0 aliphatic carbocycles. The van der Waals surface area contributed by atoms with Crippen LogP contribution >= 0.6 is 0 Å². The molecule has 0 spiro atoms. The van der Waals surface area contributed by atoms with E-state index in [4.69, 9.17) is 0 Å². The quantitative estimate of drug-likeness (QED) is 0.386. The molecule has 0 rings (SSSR count). The third kappa shape index (κ3) is 9.79. The van der Waals surface area contributed by atoms with Crippen molar-refractivity contribution in [2.24, 2.45) is 5.92 Å². The monoisotopic (exact) mass is 197 g/mol. The molecule has 1 heteroatoms. The van der Waals surface area contributed by atoms with E-state index in [1.807, 2.05) is 0 Å². The first-order chi connectivity index (χ1) is 6.81. The second-order valence-electron chi connectivity index (χ2n) is 4.14. The molecule has 0 aromatic heterocycles. The molecular weight excluding hydrogens is 172 g/mol. The average molecular weight is 197 g/mol. The number of rotatable bonds is 9. The summed E-state index contributed by atoms with van der Waals surface area (Å²) in [7, 11) is 0. The van der Waals surface area contributed by atoms with Crippen LogP contribution in [0.2, 0.25) is 0 Å². The fourth-order valence-corrected chi connectivity index (χ4v) is 1.50. The van der Waals surface area contributed by atoms with E-state index in [1.165, 1.54) is 38.5 Å². The van der Waals surface area contributed by atoms with Crippen molar-refractivity contribution in [3.05, 3.63) is 12.2 Å². The Morgan fingerprint density at radius 2 is 1.79 bits per heavy atom. The number of unbranched alkanes of at least 4 members (excludes halogenated alkanes) is 3. The van der Waals surface area contributed by atoms with Crippen LogP contribution < -0.4 is 0 Å². The molecule has 1 unspecified atom stereocenters. The molecule has 0 amide bonds. The zero-order valence-electron chi connectivity index (χ0n) is 9.80. The highest BCUT2D eigenvalue weighted by Gasteiger charge is 1.99. The van der Waals surface area contributed by atoms with E-state index in [0.29, 0.717) is 5.92 Å². The van der Waals surface area contributed by atoms with E-state index in [2.05, 4.69) is 26.0 Å². The summed E-state index contributed by atoms with van der Waals surface area (Å²) >= 11 is 0. The maximum absolute atomic E-state index is 10.3. The first-order valence-electron chi connectivity index (χ1n) is 6.04. The Bertz CT molecular complexity index is 129. The van der Waals surface area contributed by atoms with Crippen molar-refractivity contribution >= 4 is 0 Å². The number of allylic oxidation sites excluding steroid dienone is 2. The molecule has 0 aliphatic heterocycles. The fraction of sp³-hybridized carbons (Fsp3) is 0.846. The van der Waals surface area contributed by atoms with Gasteiger partial charge in [0.1, 0.15) is 0 Å². The maximum atomic E-state index is 10.3. The van der Waals surface area contributed by atoms with Crippen LogP contribution in [0, 0.1) is 5.92 Å². The summed E-state index contributed by atoms with van der Waals surface area (Å²) in [5.74, 6) is 0.632. The van der Waals surface area contributed by atoms with E-state index >= 15 is 0 Å². The van der Waals surface area contributed by atoms with Crippen molar-refractivity contribution in [1.82, 2.24) is 0 Å². The summed E-state index contributed by atoms with van der Waals surface area (Å²) in [5.41, 5.74) is 0. The molecule has 0 bridgehead atoms. The van der Waals surface area contributed by atoms with Crippen molar-refractivity contribution in [1.29, 1.82) is 0 Å². The molecule has 0 saturated heterocycles. The van der Waals surface area contributed by atoms with Gasteiger partial charge < -0.3 is 0 Å². The summed E-state index contributed by atoms with van der Waals surface area (Å²) in [6.07, 6.45) is 12.9. The van der Waals surface area contributed by atoms with Crippen LogP contribution in [0.4, 0.5) is 0 Å². The Kier molecular flexibility index (Phi) is 10.5. The fourth-order valence-electron chi connectivity index (χ4n) is 1.50. The van der Waals surface area contributed by atoms with Gasteiger partial charge in [-0.3, -0.25) is 0 Å². The Morgan fingerprint density at radius 1 is 1.07 bits per heavy atom. The van der Waals surface area contributed by atoms with Gasteiger partial charge in [0, 0.05) is 0 Å². The summed E-state index contributed by atoms with van der Waals surface area (Å²) in [6, 6.07) is 0. The van der Waals surface area contributed by atoms with E-state index in [0.717, 1.165) is 6.42 Å². The Hall–Kier alpha value is -0.300.